The topological polar surface area (TPSA) is 43.9 Å². The van der Waals surface area contributed by atoms with Crippen molar-refractivity contribution in [1.29, 1.82) is 0 Å². The lowest BCUT2D eigenvalue weighted by Crippen LogP contribution is -1.98. The fraction of sp³-hybridized carbons (Fsp3) is 0. The molecule has 0 unspecified atom stereocenters. The molecule has 0 aliphatic carbocycles. The van der Waals surface area contributed by atoms with Crippen molar-refractivity contribution >= 4 is 22.2 Å². The van der Waals surface area contributed by atoms with Crippen LogP contribution in [0.2, 0.25) is 0 Å². The second-order valence-corrected chi connectivity index (χ2v) is 6.63. The van der Waals surface area contributed by atoms with Crippen LogP contribution in [0.4, 0.5) is 0 Å². The predicted molar refractivity (Wildman–Crippen MR) is 99.9 cm³/mol. The molecular weight excluding hydrogens is 330 g/mol. The number of benzene rings is 2. The van der Waals surface area contributed by atoms with Gasteiger partial charge in [0.05, 0.1) is 27.8 Å². The minimum Gasteiger partial charge on any atom is -0.354 e. The van der Waals surface area contributed by atoms with Gasteiger partial charge < -0.3 is 4.52 Å². The molecule has 0 saturated heterocycles. The van der Waals surface area contributed by atoms with Gasteiger partial charge in [-0.05, 0) is 41.8 Å². The van der Waals surface area contributed by atoms with Gasteiger partial charge in [0.2, 0.25) is 0 Å². The van der Waals surface area contributed by atoms with Crippen LogP contribution in [-0.4, -0.2) is 14.9 Å². The summed E-state index contributed by atoms with van der Waals surface area (Å²) in [4.78, 5) is 1.08. The van der Waals surface area contributed by atoms with Crippen LogP contribution in [0, 0.1) is 0 Å². The Morgan fingerprint density at radius 2 is 1.84 bits per heavy atom. The molecule has 25 heavy (non-hydrogen) atoms. The Kier molecular flexibility index (Phi) is 3.24. The Bertz CT molecular complexity index is 1140. The monoisotopic (exact) mass is 343 g/mol. The van der Waals surface area contributed by atoms with E-state index in [1.54, 1.807) is 11.3 Å². The number of fused-ring (bicyclic) bond motifs is 1. The van der Waals surface area contributed by atoms with Crippen molar-refractivity contribution in [2.45, 2.75) is 0 Å². The molecule has 0 N–H and O–H groups in total. The summed E-state index contributed by atoms with van der Waals surface area (Å²) in [5.41, 5.74) is 4.01. The van der Waals surface area contributed by atoms with Gasteiger partial charge in [0, 0.05) is 5.56 Å². The normalized spacial score (nSPS) is 11.2. The largest absolute Gasteiger partial charge is 0.354 e. The Balaban J connectivity index is 1.68. The van der Waals surface area contributed by atoms with Gasteiger partial charge >= 0.3 is 0 Å². The minimum absolute atomic E-state index is 0.817. The predicted octanol–water partition coefficient (Wildman–Crippen LogP) is 5.41. The summed E-state index contributed by atoms with van der Waals surface area (Å²) in [6, 6.07) is 22.4. The van der Waals surface area contributed by atoms with E-state index in [1.165, 1.54) is 0 Å². The number of para-hydroxylation sites is 1. The highest BCUT2D eigenvalue weighted by molar-refractivity contribution is 7.13. The summed E-state index contributed by atoms with van der Waals surface area (Å²) in [6.45, 7) is 0. The van der Waals surface area contributed by atoms with Crippen LogP contribution in [0.3, 0.4) is 0 Å². The van der Waals surface area contributed by atoms with E-state index >= 15 is 0 Å². The first-order chi connectivity index (χ1) is 12.4. The minimum atomic E-state index is 0.817. The maximum absolute atomic E-state index is 5.58. The molecule has 3 aromatic heterocycles. The van der Waals surface area contributed by atoms with Gasteiger partial charge in [0.15, 0.2) is 5.76 Å². The lowest BCUT2D eigenvalue weighted by atomic mass is 10.1. The molecule has 0 saturated carbocycles. The second kappa shape index (κ2) is 5.72. The van der Waals surface area contributed by atoms with Crippen LogP contribution >= 0.6 is 11.3 Å². The summed E-state index contributed by atoms with van der Waals surface area (Å²) >= 11 is 1.65. The Morgan fingerprint density at radius 3 is 2.68 bits per heavy atom. The zero-order valence-corrected chi connectivity index (χ0v) is 14.0. The third-order valence-corrected chi connectivity index (χ3v) is 5.03. The molecule has 5 rings (SSSR count). The van der Waals surface area contributed by atoms with E-state index in [1.807, 2.05) is 70.9 Å². The average molecular weight is 343 g/mol. The van der Waals surface area contributed by atoms with E-state index in [0.717, 1.165) is 38.5 Å². The van der Waals surface area contributed by atoms with E-state index in [9.17, 15) is 0 Å². The number of aromatic nitrogens is 3. The molecule has 5 aromatic rings. The summed E-state index contributed by atoms with van der Waals surface area (Å²) in [5, 5.41) is 11.7. The summed E-state index contributed by atoms with van der Waals surface area (Å²) in [6.07, 6.45) is 1.82. The van der Waals surface area contributed by atoms with Crippen molar-refractivity contribution in [1.82, 2.24) is 14.9 Å². The molecule has 0 spiro atoms. The molecule has 2 aromatic carbocycles. The van der Waals surface area contributed by atoms with Crippen LogP contribution in [0.5, 0.6) is 0 Å². The van der Waals surface area contributed by atoms with Crippen LogP contribution in [-0.2, 0) is 0 Å². The van der Waals surface area contributed by atoms with Gasteiger partial charge in [-0.25, -0.2) is 4.68 Å². The highest BCUT2D eigenvalue weighted by Gasteiger charge is 2.14. The molecule has 5 heteroatoms. The van der Waals surface area contributed by atoms with Crippen molar-refractivity contribution < 1.29 is 4.52 Å². The zero-order chi connectivity index (χ0) is 16.6. The van der Waals surface area contributed by atoms with Gasteiger partial charge in [0.25, 0.3) is 0 Å². The first-order valence-corrected chi connectivity index (χ1v) is 8.81. The molecule has 3 heterocycles. The molecular formula is C20H13N3OS. The van der Waals surface area contributed by atoms with Crippen molar-refractivity contribution in [3.8, 4) is 27.6 Å². The van der Waals surface area contributed by atoms with Crippen LogP contribution in [0.15, 0.2) is 82.8 Å². The maximum Gasteiger partial charge on any atom is 0.184 e. The molecule has 0 atom stereocenters. The number of hydrogen-bond donors (Lipinski definition) is 0. The van der Waals surface area contributed by atoms with Gasteiger partial charge in [-0.15, -0.1) is 11.3 Å². The molecule has 0 amide bonds. The molecule has 0 bridgehead atoms. The Labute approximate surface area is 147 Å². The number of nitrogens with zero attached hydrogens (tertiary/aromatic N) is 3. The summed E-state index contributed by atoms with van der Waals surface area (Å²) < 4.78 is 7.53. The van der Waals surface area contributed by atoms with E-state index in [4.69, 9.17) is 4.52 Å². The first kappa shape index (κ1) is 14.2. The molecule has 0 aliphatic rings. The first-order valence-electron chi connectivity index (χ1n) is 7.93. The quantitative estimate of drug-likeness (QED) is 0.440. The molecule has 0 aliphatic heterocycles. The molecule has 0 fully saturated rings. The number of hydrogen-bond acceptors (Lipinski definition) is 4. The van der Waals surface area contributed by atoms with E-state index in [2.05, 4.69) is 22.4 Å². The van der Waals surface area contributed by atoms with E-state index in [-0.39, 0.29) is 0 Å². The van der Waals surface area contributed by atoms with Crippen molar-refractivity contribution in [3.05, 3.63) is 78.3 Å². The molecule has 0 radical (unpaired) electrons. The number of thiophene rings is 1. The van der Waals surface area contributed by atoms with Crippen molar-refractivity contribution in [3.63, 3.8) is 0 Å². The number of rotatable bonds is 3. The van der Waals surface area contributed by atoms with Gasteiger partial charge in [-0.1, -0.05) is 35.5 Å². The summed E-state index contributed by atoms with van der Waals surface area (Å²) in [7, 11) is 0. The second-order valence-electron chi connectivity index (χ2n) is 5.68. The van der Waals surface area contributed by atoms with Crippen LogP contribution < -0.4 is 0 Å². The maximum atomic E-state index is 5.58. The smallest absolute Gasteiger partial charge is 0.184 e. The van der Waals surface area contributed by atoms with Gasteiger partial charge in [-0.3, -0.25) is 0 Å². The Hall–Kier alpha value is -3.18. The Morgan fingerprint density at radius 1 is 0.920 bits per heavy atom. The molecule has 120 valence electrons. The highest BCUT2D eigenvalue weighted by Crippen LogP contribution is 2.34. The fourth-order valence-corrected chi connectivity index (χ4v) is 3.70. The molecule has 4 nitrogen and oxygen atoms in total. The fourth-order valence-electron chi connectivity index (χ4n) is 2.98. The lowest BCUT2D eigenvalue weighted by Gasteiger charge is -2.07. The third-order valence-electron chi connectivity index (χ3n) is 4.16. The highest BCUT2D eigenvalue weighted by atomic mass is 32.1. The third kappa shape index (κ3) is 2.37. The van der Waals surface area contributed by atoms with E-state index in [0.29, 0.717) is 0 Å². The standard InChI is InChI=1S/C20H13N3OS/c1-2-5-15(6-3-1)23-18(10-11-21-23)14-8-9-17-16(13-14)20(24-22-17)19-7-4-12-25-19/h1-13H. The van der Waals surface area contributed by atoms with Crippen molar-refractivity contribution in [2.24, 2.45) is 0 Å². The summed E-state index contributed by atoms with van der Waals surface area (Å²) in [5.74, 6) is 0.817. The SMILES string of the molecule is c1ccc(-n2nccc2-c2ccc3noc(-c4cccs4)c3c2)cc1. The lowest BCUT2D eigenvalue weighted by molar-refractivity contribution is 0.442. The van der Waals surface area contributed by atoms with Gasteiger partial charge in [0.1, 0.15) is 5.52 Å². The van der Waals surface area contributed by atoms with Crippen molar-refractivity contribution in [2.75, 3.05) is 0 Å². The van der Waals surface area contributed by atoms with Gasteiger partial charge in [-0.2, -0.15) is 5.10 Å². The van der Waals surface area contributed by atoms with E-state index < -0.39 is 0 Å². The van der Waals surface area contributed by atoms with Crippen LogP contribution in [0.25, 0.3) is 38.5 Å². The van der Waals surface area contributed by atoms with Crippen LogP contribution in [0.1, 0.15) is 0 Å². The average Bonchev–Trinajstić information content (AvgIpc) is 3.40. The zero-order valence-electron chi connectivity index (χ0n) is 13.2.